The van der Waals surface area contributed by atoms with Crippen LogP contribution >= 0.6 is 23.2 Å². The number of halogens is 2. The molecule has 8 nitrogen and oxygen atoms in total. The Kier molecular flexibility index (Phi) is 9.06. The standard InChI is InChI=1S/C33H27Cl2N7O/c1-20-16-25(26(18-36)21-12-14-24(34)15-13-21)27(35)17-28(20)40-31-30(37)32(39-19-38-31)41-42-33(43)29(22-8-4-2-5-9-22)23-10-6-3-7-11-23/h2-17,19,26,29H,37H2,1H3,(H,42,43)(H2,38,39,40,41). The molecule has 5 N–H and O–H groups in total. The zero-order valence-corrected chi connectivity index (χ0v) is 24.6. The summed E-state index contributed by atoms with van der Waals surface area (Å²) in [6.45, 7) is 1.89. The first-order valence-corrected chi connectivity index (χ1v) is 14.1. The molecule has 0 saturated heterocycles. The van der Waals surface area contributed by atoms with Crippen molar-refractivity contribution < 1.29 is 4.79 Å². The molecule has 43 heavy (non-hydrogen) atoms. The lowest BCUT2D eigenvalue weighted by atomic mass is 9.91. The summed E-state index contributed by atoms with van der Waals surface area (Å²) in [7, 11) is 0. The van der Waals surface area contributed by atoms with E-state index in [0.29, 0.717) is 27.1 Å². The Morgan fingerprint density at radius 3 is 2.07 bits per heavy atom. The molecule has 1 heterocycles. The number of nitriles is 1. The van der Waals surface area contributed by atoms with Gasteiger partial charge in [-0.25, -0.2) is 9.97 Å². The first-order chi connectivity index (χ1) is 20.9. The zero-order valence-electron chi connectivity index (χ0n) is 23.1. The number of hydrazine groups is 1. The van der Waals surface area contributed by atoms with E-state index in [1.54, 1.807) is 18.2 Å². The smallest absolute Gasteiger partial charge is 0.250 e. The monoisotopic (exact) mass is 607 g/mol. The molecule has 1 aromatic heterocycles. The minimum Gasteiger partial charge on any atom is -0.393 e. The number of carbonyl (C=O) groups is 1. The van der Waals surface area contributed by atoms with Crippen molar-refractivity contribution in [1.82, 2.24) is 15.4 Å². The lowest BCUT2D eigenvalue weighted by molar-refractivity contribution is -0.121. The number of benzene rings is 4. The molecule has 0 fully saturated rings. The van der Waals surface area contributed by atoms with Crippen molar-refractivity contribution in [1.29, 1.82) is 5.26 Å². The van der Waals surface area contributed by atoms with Crippen LogP contribution in [-0.4, -0.2) is 15.9 Å². The minimum atomic E-state index is -0.573. The van der Waals surface area contributed by atoms with Gasteiger partial charge >= 0.3 is 0 Å². The van der Waals surface area contributed by atoms with Crippen LogP contribution in [0.15, 0.2) is 103 Å². The van der Waals surface area contributed by atoms with Crippen LogP contribution in [0, 0.1) is 18.3 Å². The summed E-state index contributed by atoms with van der Waals surface area (Å²) in [6, 6.07) is 32.0. The third kappa shape index (κ3) is 6.70. The van der Waals surface area contributed by atoms with Crippen LogP contribution in [-0.2, 0) is 4.79 Å². The van der Waals surface area contributed by atoms with Crippen molar-refractivity contribution >= 4 is 52.1 Å². The number of nitrogens with zero attached hydrogens (tertiary/aromatic N) is 3. The molecule has 10 heteroatoms. The molecular weight excluding hydrogens is 581 g/mol. The van der Waals surface area contributed by atoms with E-state index >= 15 is 0 Å². The highest BCUT2D eigenvalue weighted by Gasteiger charge is 2.23. The maximum absolute atomic E-state index is 13.4. The zero-order chi connectivity index (χ0) is 30.3. The number of hydrogen-bond acceptors (Lipinski definition) is 7. The predicted octanol–water partition coefficient (Wildman–Crippen LogP) is 7.35. The molecule has 0 aliphatic rings. The average molecular weight is 609 g/mol. The van der Waals surface area contributed by atoms with Crippen molar-refractivity contribution in [3.63, 3.8) is 0 Å². The Balaban J connectivity index is 1.34. The Labute approximate surface area is 259 Å². The number of nitrogen functional groups attached to an aromatic ring is 1. The number of aryl methyl sites for hydroxylation is 1. The second kappa shape index (κ2) is 13.3. The van der Waals surface area contributed by atoms with Crippen LogP contribution in [0.2, 0.25) is 10.0 Å². The molecular formula is C33H27Cl2N7O. The first-order valence-electron chi connectivity index (χ1n) is 13.3. The molecule has 214 valence electrons. The van der Waals surface area contributed by atoms with E-state index in [4.69, 9.17) is 28.9 Å². The lowest BCUT2D eigenvalue weighted by Crippen LogP contribution is -2.35. The topological polar surface area (TPSA) is 129 Å². The van der Waals surface area contributed by atoms with Crippen molar-refractivity contribution in [3.05, 3.63) is 141 Å². The van der Waals surface area contributed by atoms with Crippen LogP contribution in [0.25, 0.3) is 0 Å². The molecule has 4 aromatic carbocycles. The van der Waals surface area contributed by atoms with Crippen molar-refractivity contribution in [2.24, 2.45) is 0 Å². The molecule has 0 aliphatic heterocycles. The van der Waals surface area contributed by atoms with Gasteiger partial charge in [-0.3, -0.25) is 15.6 Å². The SMILES string of the molecule is Cc1cc(C(C#N)c2ccc(Cl)cc2)c(Cl)cc1Nc1ncnc(NNC(=O)C(c2ccccc2)c2ccccc2)c1N. The first kappa shape index (κ1) is 29.4. The minimum absolute atomic E-state index is 0.189. The molecule has 0 spiro atoms. The van der Waals surface area contributed by atoms with Gasteiger partial charge in [0.1, 0.15) is 12.0 Å². The number of nitrogens with one attached hydrogen (secondary N) is 3. The van der Waals surface area contributed by atoms with E-state index in [2.05, 4.69) is 32.2 Å². The molecule has 1 unspecified atom stereocenters. The van der Waals surface area contributed by atoms with Gasteiger partial charge in [-0.1, -0.05) is 102 Å². The molecule has 0 bridgehead atoms. The molecule has 5 aromatic rings. The number of amides is 1. The van der Waals surface area contributed by atoms with Gasteiger partial charge in [-0.2, -0.15) is 5.26 Å². The molecule has 0 radical (unpaired) electrons. The number of carbonyl (C=O) groups excluding carboxylic acids is 1. The fraction of sp³-hybridized carbons (Fsp3) is 0.0909. The van der Waals surface area contributed by atoms with Crippen molar-refractivity contribution in [2.45, 2.75) is 18.8 Å². The van der Waals surface area contributed by atoms with Gasteiger partial charge in [0.15, 0.2) is 11.6 Å². The summed E-state index contributed by atoms with van der Waals surface area (Å²) < 4.78 is 0. The average Bonchev–Trinajstić information content (AvgIpc) is 3.02. The van der Waals surface area contributed by atoms with E-state index < -0.39 is 11.8 Å². The second-order valence-electron chi connectivity index (χ2n) is 9.78. The van der Waals surface area contributed by atoms with Gasteiger partial charge in [0, 0.05) is 15.7 Å². The Bertz CT molecular complexity index is 1740. The Morgan fingerprint density at radius 1 is 0.860 bits per heavy atom. The Morgan fingerprint density at radius 2 is 1.47 bits per heavy atom. The van der Waals surface area contributed by atoms with Gasteiger partial charge in [-0.05, 0) is 52.9 Å². The van der Waals surface area contributed by atoms with Crippen LogP contribution in [0.5, 0.6) is 0 Å². The number of aromatic nitrogens is 2. The van der Waals surface area contributed by atoms with Crippen molar-refractivity contribution in [2.75, 3.05) is 16.5 Å². The highest BCUT2D eigenvalue weighted by molar-refractivity contribution is 6.32. The largest absolute Gasteiger partial charge is 0.393 e. The van der Waals surface area contributed by atoms with Gasteiger partial charge in [-0.15, -0.1) is 0 Å². The quantitative estimate of drug-likeness (QED) is 0.129. The summed E-state index contributed by atoms with van der Waals surface area (Å²) in [4.78, 5) is 21.9. The number of nitrogens with two attached hydrogens (primary N) is 1. The summed E-state index contributed by atoms with van der Waals surface area (Å²) in [5.74, 6) is -0.870. The van der Waals surface area contributed by atoms with E-state index in [1.807, 2.05) is 85.8 Å². The maximum Gasteiger partial charge on any atom is 0.250 e. The van der Waals surface area contributed by atoms with E-state index in [9.17, 15) is 10.1 Å². The number of anilines is 4. The highest BCUT2D eigenvalue weighted by atomic mass is 35.5. The fourth-order valence-electron chi connectivity index (χ4n) is 4.74. The lowest BCUT2D eigenvalue weighted by Gasteiger charge is -2.20. The van der Waals surface area contributed by atoms with Crippen molar-refractivity contribution in [3.8, 4) is 6.07 Å². The summed E-state index contributed by atoms with van der Waals surface area (Å²) in [5, 5.41) is 14.1. The van der Waals surface area contributed by atoms with E-state index in [0.717, 1.165) is 22.3 Å². The van der Waals surface area contributed by atoms with Crippen LogP contribution in [0.3, 0.4) is 0 Å². The van der Waals surface area contributed by atoms with Gasteiger partial charge in [0.05, 0.1) is 17.9 Å². The predicted molar refractivity (Wildman–Crippen MR) is 171 cm³/mol. The normalized spacial score (nSPS) is 11.4. The number of rotatable bonds is 9. The molecule has 1 atom stereocenters. The molecule has 0 saturated carbocycles. The highest BCUT2D eigenvalue weighted by Crippen LogP contribution is 2.36. The van der Waals surface area contributed by atoms with Crippen LogP contribution in [0.4, 0.5) is 23.0 Å². The van der Waals surface area contributed by atoms with Gasteiger partial charge in [0.25, 0.3) is 0 Å². The van der Waals surface area contributed by atoms with Crippen LogP contribution < -0.4 is 21.9 Å². The third-order valence-electron chi connectivity index (χ3n) is 6.96. The molecule has 0 aliphatic carbocycles. The fourth-order valence-corrected chi connectivity index (χ4v) is 5.14. The van der Waals surface area contributed by atoms with E-state index in [-0.39, 0.29) is 17.4 Å². The van der Waals surface area contributed by atoms with Gasteiger partial charge < -0.3 is 11.1 Å². The summed E-state index contributed by atoms with van der Waals surface area (Å²) in [6.07, 6.45) is 1.33. The third-order valence-corrected chi connectivity index (χ3v) is 7.54. The second-order valence-corrected chi connectivity index (χ2v) is 10.6. The number of hydrogen-bond donors (Lipinski definition) is 4. The summed E-state index contributed by atoms with van der Waals surface area (Å²) >= 11 is 12.7. The maximum atomic E-state index is 13.4. The molecule has 5 rings (SSSR count). The Hall–Kier alpha value is -5.10. The summed E-state index contributed by atoms with van der Waals surface area (Å²) in [5.41, 5.74) is 16.8. The van der Waals surface area contributed by atoms with E-state index in [1.165, 1.54) is 6.33 Å². The molecule has 1 amide bonds. The van der Waals surface area contributed by atoms with Crippen LogP contribution in [0.1, 0.15) is 39.7 Å². The van der Waals surface area contributed by atoms with Gasteiger partial charge in [0.2, 0.25) is 5.91 Å².